The molecule has 5 heteroatoms. The fourth-order valence-electron chi connectivity index (χ4n) is 4.39. The van der Waals surface area contributed by atoms with Gasteiger partial charge in [0, 0.05) is 0 Å². The summed E-state index contributed by atoms with van der Waals surface area (Å²) in [7, 11) is 0. The normalized spacial score (nSPS) is 31.0. The molecule has 3 unspecified atom stereocenters. The van der Waals surface area contributed by atoms with Crippen molar-refractivity contribution in [3.8, 4) is 0 Å². The fourth-order valence-corrected chi connectivity index (χ4v) is 57.0. The first kappa shape index (κ1) is 19.9. The van der Waals surface area contributed by atoms with Gasteiger partial charge < -0.3 is 24.8 Å². The number of rotatable bonds is 2. The third kappa shape index (κ3) is 2.79. The van der Waals surface area contributed by atoms with E-state index in [4.69, 9.17) is 0 Å². The Labute approximate surface area is 157 Å². The second kappa shape index (κ2) is 7.07. The van der Waals surface area contributed by atoms with E-state index in [0.717, 1.165) is 4.22 Å². The maximum absolute atomic E-state index is 2.63. The van der Waals surface area contributed by atoms with Crippen molar-refractivity contribution in [2.45, 2.75) is 24.5 Å². The third-order valence-electron chi connectivity index (χ3n) is 5.47. The van der Waals surface area contributed by atoms with Crippen LogP contribution in [0.4, 0.5) is 0 Å². The van der Waals surface area contributed by atoms with Crippen molar-refractivity contribution in [1.82, 2.24) is 0 Å². The van der Waals surface area contributed by atoms with Crippen LogP contribution in [-0.2, 0) is 15.6 Å². The Morgan fingerprint density at radius 1 is 1.04 bits per heavy atom. The summed E-state index contributed by atoms with van der Waals surface area (Å²) in [6.07, 6.45) is 8.77. The van der Waals surface area contributed by atoms with E-state index in [2.05, 4.69) is 69.7 Å². The van der Waals surface area contributed by atoms with Crippen molar-refractivity contribution in [2.75, 3.05) is 13.3 Å². The number of benzene rings is 1. The molecular formula is C18H22Cl2P2Ti. The Morgan fingerprint density at radius 2 is 1.70 bits per heavy atom. The van der Waals surface area contributed by atoms with Gasteiger partial charge in [-0.15, -0.1) is 0 Å². The van der Waals surface area contributed by atoms with Crippen LogP contribution < -0.4 is 24.8 Å². The molecule has 4 rings (SSSR count). The molecule has 3 atom stereocenters. The Balaban J connectivity index is 0.000000960. The Kier molecular flexibility index (Phi) is 6.12. The van der Waals surface area contributed by atoms with E-state index in [1.807, 2.05) is 3.88 Å². The van der Waals surface area contributed by atoms with Gasteiger partial charge in [-0.05, 0) is 0 Å². The van der Waals surface area contributed by atoms with E-state index < -0.39 is 15.6 Å². The van der Waals surface area contributed by atoms with Gasteiger partial charge in [-0.25, -0.2) is 0 Å². The van der Waals surface area contributed by atoms with Crippen molar-refractivity contribution in [1.29, 1.82) is 0 Å². The Bertz CT molecular complexity index is 715. The zero-order chi connectivity index (χ0) is 14.8. The molecule has 1 aromatic rings. The van der Waals surface area contributed by atoms with Gasteiger partial charge in [0.05, 0.1) is 0 Å². The largest absolute Gasteiger partial charge is 1.00 e. The molecule has 0 bridgehead atoms. The van der Waals surface area contributed by atoms with Crippen LogP contribution in [-0.4, -0.2) is 13.3 Å². The number of hydrogen-bond acceptors (Lipinski definition) is 0. The smallest absolute Gasteiger partial charge is 1.00 e. The molecule has 0 N–H and O–H groups in total. The van der Waals surface area contributed by atoms with Gasteiger partial charge in [-0.1, -0.05) is 0 Å². The van der Waals surface area contributed by atoms with E-state index >= 15 is 0 Å². The zero-order valence-electron chi connectivity index (χ0n) is 14.0. The van der Waals surface area contributed by atoms with Crippen LogP contribution in [0.2, 0.25) is 0 Å². The minimum absolute atomic E-state index is 0. The quantitative estimate of drug-likeness (QED) is 0.485. The summed E-state index contributed by atoms with van der Waals surface area (Å²) in [4.78, 5) is 0. The van der Waals surface area contributed by atoms with Gasteiger partial charge in [-0.3, -0.25) is 0 Å². The van der Waals surface area contributed by atoms with E-state index in [1.165, 1.54) is 12.0 Å². The van der Waals surface area contributed by atoms with E-state index in [1.54, 1.807) is 16.7 Å². The van der Waals surface area contributed by atoms with Crippen molar-refractivity contribution < 1.29 is 40.4 Å². The molecule has 0 radical (unpaired) electrons. The number of allylic oxidation sites excluding steroid dienone is 5. The molecule has 1 aliphatic heterocycles. The van der Waals surface area contributed by atoms with E-state index in [-0.39, 0.29) is 24.8 Å². The topological polar surface area (TPSA) is 0 Å². The Hall–Kier alpha value is 0.594. The van der Waals surface area contributed by atoms with Crippen LogP contribution >= 0.6 is 11.2 Å². The van der Waals surface area contributed by atoms with Crippen LogP contribution in [0.5, 0.6) is 0 Å². The molecule has 1 aromatic carbocycles. The van der Waals surface area contributed by atoms with Crippen molar-refractivity contribution in [3.05, 3.63) is 62.6 Å². The molecule has 0 amide bonds. The Morgan fingerprint density at radius 3 is 2.26 bits per heavy atom. The summed E-state index contributed by atoms with van der Waals surface area (Å²) in [6.45, 7) is 9.96. The molecular weight excluding hydrogens is 397 g/mol. The van der Waals surface area contributed by atoms with Crippen LogP contribution in [0.15, 0.2) is 51.4 Å². The number of hydrogen-bond donors (Lipinski definition) is 0. The van der Waals surface area contributed by atoms with Crippen LogP contribution in [0.1, 0.15) is 35.6 Å². The van der Waals surface area contributed by atoms with Gasteiger partial charge >= 0.3 is 133 Å². The predicted molar refractivity (Wildman–Crippen MR) is 95.0 cm³/mol. The molecule has 23 heavy (non-hydrogen) atoms. The molecule has 2 aliphatic carbocycles. The molecule has 0 aromatic heterocycles. The first-order valence-corrected chi connectivity index (χ1v) is 17.8. The van der Waals surface area contributed by atoms with Crippen molar-refractivity contribution >= 4 is 17.3 Å². The minimum atomic E-state index is -1.90. The summed E-state index contributed by atoms with van der Waals surface area (Å²) in [5, 5.41) is 0. The molecule has 122 valence electrons. The first-order valence-electron chi connectivity index (χ1n) is 7.69. The standard InChI is InChI=1S/C9H7.C7H9.C2H6P2.2ClH.Ti/c1-2-5-9-7-3-6-8(9)4-1;1-6-3-4-7(2)5-6;1-3-4-2;;;/h1-7H;5H,3H2,1-2H3;1-2H3;2*1H;/q;;-2;;;+4/p-2. The van der Waals surface area contributed by atoms with Gasteiger partial charge in [0.2, 0.25) is 0 Å². The maximum atomic E-state index is 2.63. The van der Waals surface area contributed by atoms with Gasteiger partial charge in [0.15, 0.2) is 0 Å². The zero-order valence-corrected chi connectivity index (χ0v) is 18.8. The molecule has 1 fully saturated rings. The van der Waals surface area contributed by atoms with Crippen LogP contribution in [0.25, 0.3) is 6.08 Å². The van der Waals surface area contributed by atoms with E-state index in [0.29, 0.717) is 11.2 Å². The predicted octanol–water partition coefficient (Wildman–Crippen LogP) is 0.522. The summed E-state index contributed by atoms with van der Waals surface area (Å²) in [5.74, 6) is 0. The molecule has 0 saturated carbocycles. The number of halogens is 2. The van der Waals surface area contributed by atoms with Crippen LogP contribution in [0.3, 0.4) is 0 Å². The third-order valence-corrected chi connectivity index (χ3v) is 47.3. The number of fused-ring (bicyclic) bond motifs is 1. The summed E-state index contributed by atoms with van der Waals surface area (Å²) in [5.41, 5.74) is 7.07. The average Bonchev–Trinajstić information content (AvgIpc) is 2.86. The fraction of sp³-hybridized carbons (Fsp3) is 0.333. The molecule has 3 aliphatic rings. The van der Waals surface area contributed by atoms with Gasteiger partial charge in [0.25, 0.3) is 0 Å². The second-order valence-corrected chi connectivity index (χ2v) is 33.5. The maximum Gasteiger partial charge on any atom is -1.00 e. The molecule has 0 nitrogen and oxygen atoms in total. The minimum Gasteiger partial charge on any atom is -1.00 e. The summed E-state index contributed by atoms with van der Waals surface area (Å²) >= 11 is -1.90. The van der Waals surface area contributed by atoms with E-state index in [9.17, 15) is 0 Å². The summed E-state index contributed by atoms with van der Waals surface area (Å²) < 4.78 is 2.78. The van der Waals surface area contributed by atoms with Gasteiger partial charge in [0.1, 0.15) is 0 Å². The molecule has 1 saturated heterocycles. The molecule has 1 heterocycles. The van der Waals surface area contributed by atoms with Crippen LogP contribution in [0, 0.1) is 0 Å². The van der Waals surface area contributed by atoms with Gasteiger partial charge in [-0.2, -0.15) is 0 Å². The monoisotopic (exact) mass is 418 g/mol. The first-order chi connectivity index (χ1) is 10.1. The summed E-state index contributed by atoms with van der Waals surface area (Å²) in [6, 6.07) is 9.14. The van der Waals surface area contributed by atoms with Crippen molar-refractivity contribution in [2.24, 2.45) is 0 Å². The molecule has 0 spiro atoms. The van der Waals surface area contributed by atoms with Crippen molar-refractivity contribution in [3.63, 3.8) is 0 Å². The average molecular weight is 419 g/mol. The SMILES string of the molecule is CC1=CC(C)=[C]([Ti+2]2([CH]3C=Cc4ccccc43)[P](C)[P]2C)C1.[Cl-].[Cl-]. The second-order valence-electron chi connectivity index (χ2n) is 6.57.